The van der Waals surface area contributed by atoms with Crippen molar-refractivity contribution in [2.75, 3.05) is 20.3 Å². The zero-order valence-electron chi connectivity index (χ0n) is 9.52. The first-order valence-electron chi connectivity index (χ1n) is 5.07. The van der Waals surface area contributed by atoms with E-state index in [9.17, 15) is 15.0 Å². The lowest BCUT2D eigenvalue weighted by Crippen LogP contribution is -2.78. The molecule has 0 heterocycles. The van der Waals surface area contributed by atoms with Gasteiger partial charge in [0, 0.05) is 6.42 Å². The van der Waals surface area contributed by atoms with E-state index in [1.807, 2.05) is 0 Å². The lowest BCUT2D eigenvalue weighted by molar-refractivity contribution is -0.466. The van der Waals surface area contributed by atoms with Gasteiger partial charge < -0.3 is 30.6 Å². The van der Waals surface area contributed by atoms with Crippen LogP contribution in [0.5, 0.6) is 0 Å². The monoisotopic (exact) mass is 244 g/mol. The summed E-state index contributed by atoms with van der Waals surface area (Å²) in [5, 5.41) is 29.4. The molecule has 96 valence electrons. The van der Waals surface area contributed by atoms with Gasteiger partial charge in [0.25, 0.3) is 0 Å². The molecule has 0 aromatic heterocycles. The molecule has 7 nitrogen and oxygen atoms in total. The molecular formula is C10H16N2O5. The number of carboxylic acids is 1. The van der Waals surface area contributed by atoms with Gasteiger partial charge in [-0.2, -0.15) is 0 Å². The molecule has 1 aliphatic rings. The average molecular weight is 244 g/mol. The van der Waals surface area contributed by atoms with Gasteiger partial charge in [0.1, 0.15) is 11.6 Å². The second-order valence-corrected chi connectivity index (χ2v) is 4.00. The van der Waals surface area contributed by atoms with E-state index in [0.717, 1.165) is 0 Å². The molecule has 1 aliphatic carbocycles. The number of hydrogen-bond donors (Lipinski definition) is 4. The van der Waals surface area contributed by atoms with Gasteiger partial charge in [0.15, 0.2) is 6.54 Å². The maximum absolute atomic E-state index is 10.4. The van der Waals surface area contributed by atoms with Crippen molar-refractivity contribution in [2.45, 2.75) is 18.4 Å². The van der Waals surface area contributed by atoms with Crippen LogP contribution in [0.4, 0.5) is 0 Å². The van der Waals surface area contributed by atoms with E-state index < -0.39 is 24.7 Å². The topological polar surface area (TPSA) is 130 Å². The van der Waals surface area contributed by atoms with Crippen LogP contribution < -0.4 is 15.8 Å². The summed E-state index contributed by atoms with van der Waals surface area (Å²) in [7, 11) is 1.40. The van der Waals surface area contributed by atoms with Crippen LogP contribution in [0.1, 0.15) is 12.8 Å². The minimum absolute atomic E-state index is 0.0423. The van der Waals surface area contributed by atoms with Crippen molar-refractivity contribution in [1.29, 1.82) is 0 Å². The molecule has 7 heteroatoms. The third kappa shape index (κ3) is 3.18. The molecule has 1 rings (SSSR count). The van der Waals surface area contributed by atoms with Gasteiger partial charge in [-0.05, 0) is 0 Å². The lowest BCUT2D eigenvalue weighted by Gasteiger charge is -2.29. The van der Waals surface area contributed by atoms with Gasteiger partial charge in [-0.25, -0.2) is 4.99 Å². The van der Waals surface area contributed by atoms with E-state index in [0.29, 0.717) is 11.5 Å². The van der Waals surface area contributed by atoms with Crippen molar-refractivity contribution in [3.63, 3.8) is 0 Å². The zero-order valence-corrected chi connectivity index (χ0v) is 9.52. The van der Waals surface area contributed by atoms with Gasteiger partial charge >= 0.3 is 0 Å². The quantitative estimate of drug-likeness (QED) is 0.395. The highest BCUT2D eigenvalue weighted by atomic mass is 16.5. The average Bonchev–Trinajstić information content (AvgIpc) is 2.26. The number of rotatable bonds is 4. The van der Waals surface area contributed by atoms with Crippen LogP contribution >= 0.6 is 0 Å². The Labute approximate surface area is 98.2 Å². The fraction of sp³-hybridized carbons (Fsp3) is 0.600. The van der Waals surface area contributed by atoms with Gasteiger partial charge in [0.05, 0.1) is 25.8 Å². The molecule has 0 fully saturated rings. The number of allylic oxidation sites excluding steroid dienone is 1. The van der Waals surface area contributed by atoms with Gasteiger partial charge in [0.2, 0.25) is 11.5 Å². The second kappa shape index (κ2) is 5.15. The first-order chi connectivity index (χ1) is 7.91. The van der Waals surface area contributed by atoms with E-state index in [2.05, 4.69) is 4.99 Å². The third-order valence-electron chi connectivity index (χ3n) is 2.54. The fourth-order valence-electron chi connectivity index (χ4n) is 1.79. The minimum Gasteiger partial charge on any atom is -0.544 e. The number of aliphatic hydroxyl groups excluding tert-OH is 1. The molecule has 0 aliphatic heterocycles. The minimum atomic E-state index is -1.39. The van der Waals surface area contributed by atoms with E-state index in [1.165, 1.54) is 7.11 Å². The Kier molecular flexibility index (Phi) is 4.08. The molecule has 0 aromatic rings. The Hall–Kier alpha value is -1.60. The van der Waals surface area contributed by atoms with E-state index in [-0.39, 0.29) is 18.5 Å². The molecule has 1 unspecified atom stereocenters. The molecule has 0 spiro atoms. The molecule has 0 saturated carbocycles. The van der Waals surface area contributed by atoms with Crippen LogP contribution in [-0.2, 0) is 9.53 Å². The summed E-state index contributed by atoms with van der Waals surface area (Å²) >= 11 is 0. The maximum Gasteiger partial charge on any atom is 0.221 e. The van der Waals surface area contributed by atoms with E-state index in [1.54, 1.807) is 0 Å². The summed E-state index contributed by atoms with van der Waals surface area (Å²) in [5.74, 6) is -0.978. The van der Waals surface area contributed by atoms with Crippen LogP contribution in [0.25, 0.3) is 0 Å². The van der Waals surface area contributed by atoms with Crippen molar-refractivity contribution < 1.29 is 29.8 Å². The number of carbonyl (C=O) groups is 1. The van der Waals surface area contributed by atoms with Crippen molar-refractivity contribution in [2.24, 2.45) is 5.73 Å². The van der Waals surface area contributed by atoms with Crippen molar-refractivity contribution in [3.8, 4) is 0 Å². The van der Waals surface area contributed by atoms with Crippen LogP contribution in [-0.4, -0.2) is 47.8 Å². The number of hydrogen-bond acceptors (Lipinski definition) is 6. The standard InChI is InChI=1S/C10H16N2O5/c1-17-9-6(11)2-10(16,5-13)3-7(9)12-4-8(14)15/h13,16H,2-5,11H2,1H3,(H,14,15). The Balaban J connectivity index is 3.03. The Morgan fingerprint density at radius 2 is 2.29 bits per heavy atom. The smallest absolute Gasteiger partial charge is 0.221 e. The number of aliphatic hydroxyl groups is 2. The van der Waals surface area contributed by atoms with Crippen LogP contribution in [0, 0.1) is 0 Å². The highest BCUT2D eigenvalue weighted by Gasteiger charge is 2.39. The molecule has 0 amide bonds. The largest absolute Gasteiger partial charge is 0.544 e. The van der Waals surface area contributed by atoms with Gasteiger partial charge in [-0.3, -0.25) is 0 Å². The normalized spacial score (nSPS) is 27.4. The van der Waals surface area contributed by atoms with Gasteiger partial charge in [-0.15, -0.1) is 0 Å². The number of methoxy groups -OCH3 is 1. The number of carboxylic acid groups (broad SMARTS) is 1. The number of ether oxygens (including phenoxy) is 1. The molecule has 5 N–H and O–H groups in total. The summed E-state index contributed by atoms with van der Waals surface area (Å²) < 4.78 is 5.04. The molecule has 0 bridgehead atoms. The summed E-state index contributed by atoms with van der Waals surface area (Å²) in [6.07, 6.45) is 0.115. The molecule has 0 saturated heterocycles. The summed E-state index contributed by atoms with van der Waals surface area (Å²) in [6, 6.07) is 0. The van der Waals surface area contributed by atoms with Crippen LogP contribution in [0.15, 0.2) is 11.5 Å². The Bertz CT molecular complexity index is 377. The number of nitrogens with one attached hydrogen (secondary N) is 1. The number of carbonyl (C=O) groups excluding carboxylic acids is 1. The van der Waals surface area contributed by atoms with Crippen molar-refractivity contribution in [1.82, 2.24) is 0 Å². The SMILES string of the molecule is COC1=C(N)CC(O)(CO)CC1=[NH+]CC(=O)[O-]. The van der Waals surface area contributed by atoms with E-state index in [4.69, 9.17) is 15.6 Å². The highest BCUT2D eigenvalue weighted by molar-refractivity contribution is 5.96. The van der Waals surface area contributed by atoms with Crippen LogP contribution in [0.2, 0.25) is 0 Å². The van der Waals surface area contributed by atoms with Gasteiger partial charge in [-0.1, -0.05) is 0 Å². The predicted molar refractivity (Wildman–Crippen MR) is 55.3 cm³/mol. The van der Waals surface area contributed by atoms with Crippen molar-refractivity contribution in [3.05, 3.63) is 11.5 Å². The molecular weight excluding hydrogens is 228 g/mol. The summed E-state index contributed by atoms with van der Waals surface area (Å²) in [5.41, 5.74) is 4.91. The highest BCUT2D eigenvalue weighted by Crippen LogP contribution is 2.27. The lowest BCUT2D eigenvalue weighted by atomic mass is 9.86. The molecule has 17 heavy (non-hydrogen) atoms. The predicted octanol–water partition coefficient (Wildman–Crippen LogP) is -4.41. The van der Waals surface area contributed by atoms with E-state index >= 15 is 0 Å². The first-order valence-corrected chi connectivity index (χ1v) is 5.07. The summed E-state index contributed by atoms with van der Waals surface area (Å²) in [4.78, 5) is 12.9. The second-order valence-electron chi connectivity index (χ2n) is 4.00. The molecule has 0 radical (unpaired) electrons. The number of nitrogens with two attached hydrogens (primary N) is 1. The maximum atomic E-state index is 10.4. The summed E-state index contributed by atoms with van der Waals surface area (Å²) in [6.45, 7) is -0.891. The Morgan fingerprint density at radius 1 is 1.65 bits per heavy atom. The Morgan fingerprint density at radius 3 is 2.76 bits per heavy atom. The third-order valence-corrected chi connectivity index (χ3v) is 2.54. The molecule has 0 aromatic carbocycles. The van der Waals surface area contributed by atoms with Crippen LogP contribution in [0.3, 0.4) is 0 Å². The molecule has 1 atom stereocenters. The fourth-order valence-corrected chi connectivity index (χ4v) is 1.79. The number of aliphatic carboxylic acids is 1. The van der Waals surface area contributed by atoms with Crippen molar-refractivity contribution >= 4 is 11.7 Å². The zero-order chi connectivity index (χ0) is 13.1. The first kappa shape index (κ1) is 13.5.